The first kappa shape index (κ1) is 20.9. The van der Waals surface area contributed by atoms with Gasteiger partial charge in [-0.1, -0.05) is 0 Å². The van der Waals surface area contributed by atoms with Crippen molar-refractivity contribution in [1.29, 1.82) is 5.26 Å². The van der Waals surface area contributed by atoms with Crippen LogP contribution in [0.25, 0.3) is 32.2 Å². The van der Waals surface area contributed by atoms with Gasteiger partial charge in [0.05, 0.1) is 35.4 Å². The highest BCUT2D eigenvalue weighted by Crippen LogP contribution is 2.45. The zero-order valence-corrected chi connectivity index (χ0v) is 19.5. The number of ether oxygens (including phenoxy) is 1. The van der Waals surface area contributed by atoms with Gasteiger partial charge in [-0.3, -0.25) is 9.88 Å². The van der Waals surface area contributed by atoms with E-state index in [-0.39, 0.29) is 50.6 Å². The number of anilines is 2. The minimum atomic E-state index is -0.602. The van der Waals surface area contributed by atoms with Crippen LogP contribution in [-0.2, 0) is 18.0 Å². The summed E-state index contributed by atoms with van der Waals surface area (Å²) in [5.74, 6) is -0.685. The van der Waals surface area contributed by atoms with E-state index in [0.29, 0.717) is 29.0 Å². The van der Waals surface area contributed by atoms with Crippen molar-refractivity contribution in [1.82, 2.24) is 19.9 Å². The number of halogens is 2. The molecule has 2 saturated heterocycles. The molecule has 0 radical (unpaired) electrons. The molecule has 2 bridgehead atoms. The lowest BCUT2D eigenvalue weighted by molar-refractivity contribution is 0.135. The number of nitrogens with zero attached hydrogens (tertiary/aromatic N) is 6. The van der Waals surface area contributed by atoms with Crippen LogP contribution in [0.3, 0.4) is 0 Å². The van der Waals surface area contributed by atoms with Crippen LogP contribution < -0.4 is 10.6 Å². The summed E-state index contributed by atoms with van der Waals surface area (Å²) in [6.45, 7) is 2.17. The summed E-state index contributed by atoms with van der Waals surface area (Å²) in [7, 11) is 2.11. The molecule has 0 saturated carbocycles. The first-order chi connectivity index (χ1) is 17.0. The minimum Gasteiger partial charge on any atom is -0.389 e. The van der Waals surface area contributed by atoms with Crippen molar-refractivity contribution in [3.05, 3.63) is 40.7 Å². The van der Waals surface area contributed by atoms with Gasteiger partial charge in [-0.05, 0) is 24.6 Å². The van der Waals surface area contributed by atoms with Gasteiger partial charge >= 0.3 is 0 Å². The van der Waals surface area contributed by atoms with Crippen molar-refractivity contribution in [3.63, 3.8) is 0 Å². The van der Waals surface area contributed by atoms with Crippen LogP contribution in [0, 0.1) is 23.0 Å². The van der Waals surface area contributed by atoms with E-state index >= 15 is 4.39 Å². The number of rotatable bonds is 2. The highest BCUT2D eigenvalue weighted by molar-refractivity contribution is 7.23. The fourth-order valence-electron chi connectivity index (χ4n) is 5.79. The summed E-state index contributed by atoms with van der Waals surface area (Å²) in [5, 5.41) is 10.7. The zero-order chi connectivity index (χ0) is 24.0. The highest BCUT2D eigenvalue weighted by Gasteiger charge is 2.42. The van der Waals surface area contributed by atoms with Gasteiger partial charge < -0.3 is 15.4 Å². The van der Waals surface area contributed by atoms with Crippen molar-refractivity contribution in [3.8, 4) is 17.3 Å². The summed E-state index contributed by atoms with van der Waals surface area (Å²) in [6.07, 6.45) is 3.76. The maximum absolute atomic E-state index is 16.4. The van der Waals surface area contributed by atoms with Crippen LogP contribution in [0.15, 0.2) is 12.4 Å². The summed E-state index contributed by atoms with van der Waals surface area (Å²) >= 11 is 0.958. The average Bonchev–Trinajstić information content (AvgIpc) is 3.63. The maximum atomic E-state index is 16.4. The number of pyridine rings is 1. The lowest BCUT2D eigenvalue weighted by atomic mass is 9.94. The molecule has 8 nitrogen and oxygen atoms in total. The first-order valence-electron chi connectivity index (χ1n) is 11.3. The third-order valence-electron chi connectivity index (χ3n) is 7.50. The number of nitriles is 1. The average molecular weight is 492 g/mol. The number of hydrogen-bond acceptors (Lipinski definition) is 9. The SMILES string of the molecule is CN1C[C@@H]2C[C@H]1CN2c1ncc2c3c(c(-c4ncc(F)c5sc(N)c(C#N)c45)c(F)c2n1)COC3. The molecule has 4 aromatic rings. The van der Waals surface area contributed by atoms with Crippen molar-refractivity contribution in [2.45, 2.75) is 31.7 Å². The molecule has 2 atom stereocenters. The molecule has 7 rings (SSSR count). The second kappa shape index (κ2) is 7.27. The number of likely N-dealkylation sites (tertiary alicyclic amines) is 1. The Morgan fingerprint density at radius 2 is 2.00 bits per heavy atom. The summed E-state index contributed by atoms with van der Waals surface area (Å²) in [4.78, 5) is 18.0. The Bertz CT molecular complexity index is 1610. The minimum absolute atomic E-state index is 0.0970. The van der Waals surface area contributed by atoms with Gasteiger partial charge in [0.15, 0.2) is 11.6 Å². The van der Waals surface area contributed by atoms with E-state index in [1.54, 1.807) is 6.20 Å². The Morgan fingerprint density at radius 1 is 1.17 bits per heavy atom. The van der Waals surface area contributed by atoms with Crippen LogP contribution >= 0.6 is 11.3 Å². The Labute approximate surface area is 202 Å². The van der Waals surface area contributed by atoms with Crippen LogP contribution in [-0.4, -0.2) is 52.1 Å². The van der Waals surface area contributed by atoms with Crippen LogP contribution in [0.5, 0.6) is 0 Å². The molecule has 2 N–H and O–H groups in total. The van der Waals surface area contributed by atoms with E-state index in [2.05, 4.69) is 31.8 Å². The molecular weight excluding hydrogens is 472 g/mol. The number of aromatic nitrogens is 3. The number of nitrogens with two attached hydrogens (primary N) is 1. The Morgan fingerprint density at radius 3 is 2.74 bits per heavy atom. The molecule has 3 aliphatic heterocycles. The maximum Gasteiger partial charge on any atom is 0.226 e. The molecule has 1 aromatic carbocycles. The number of nitrogen functional groups attached to an aromatic ring is 1. The lowest BCUT2D eigenvalue weighted by Gasteiger charge is -2.32. The van der Waals surface area contributed by atoms with Crippen LogP contribution in [0.1, 0.15) is 23.1 Å². The predicted octanol–water partition coefficient (Wildman–Crippen LogP) is 3.56. The van der Waals surface area contributed by atoms with Gasteiger partial charge in [0.1, 0.15) is 16.6 Å². The number of piperazine rings is 1. The third kappa shape index (κ3) is 2.78. The number of likely N-dealkylation sites (N-methyl/N-ethyl adjacent to an activating group) is 1. The topological polar surface area (TPSA) is 104 Å². The molecular formula is C24H19F2N7OS. The van der Waals surface area contributed by atoms with Gasteiger partial charge in [-0.2, -0.15) is 5.26 Å². The fraction of sp³-hybridized carbons (Fsp3) is 0.333. The van der Waals surface area contributed by atoms with Gasteiger partial charge in [0.2, 0.25) is 5.95 Å². The number of hydrogen-bond donors (Lipinski definition) is 1. The molecule has 0 amide bonds. The number of fused-ring (bicyclic) bond motifs is 6. The molecule has 2 fully saturated rings. The molecule has 0 unspecified atom stereocenters. The number of benzene rings is 1. The number of thiophene rings is 1. The van der Waals surface area contributed by atoms with Crippen molar-refractivity contribution in [2.75, 3.05) is 30.8 Å². The van der Waals surface area contributed by atoms with Crippen LogP contribution in [0.4, 0.5) is 19.7 Å². The molecule has 35 heavy (non-hydrogen) atoms. The smallest absolute Gasteiger partial charge is 0.226 e. The Balaban J connectivity index is 1.49. The van der Waals surface area contributed by atoms with Gasteiger partial charge in [0.25, 0.3) is 0 Å². The van der Waals surface area contributed by atoms with E-state index in [1.165, 1.54) is 0 Å². The highest BCUT2D eigenvalue weighted by atomic mass is 32.1. The molecule has 176 valence electrons. The fourth-order valence-corrected chi connectivity index (χ4v) is 6.71. The van der Waals surface area contributed by atoms with Gasteiger partial charge in [0, 0.05) is 47.7 Å². The standard InChI is InChI=1S/C24H19F2N7OS/c1-32-6-11-2-10(32)7-33(11)24-30-4-13-14-8-34-9-15(14)17(19(26)20(13)31-24)21-18-12(3-27)23(28)35-22(18)16(25)5-29-21/h4-5,10-11H,2,6-9,28H2,1H3/t10-,11-/m0/s1. The van der Waals surface area contributed by atoms with E-state index in [4.69, 9.17) is 10.5 Å². The second-order valence-corrected chi connectivity index (χ2v) is 10.4. The summed E-state index contributed by atoms with van der Waals surface area (Å²) < 4.78 is 36.9. The van der Waals surface area contributed by atoms with E-state index < -0.39 is 11.6 Å². The predicted molar refractivity (Wildman–Crippen MR) is 128 cm³/mol. The molecule has 3 aliphatic rings. The Hall–Kier alpha value is -3.46. The largest absolute Gasteiger partial charge is 0.389 e. The van der Waals surface area contributed by atoms with E-state index in [9.17, 15) is 9.65 Å². The first-order valence-corrected chi connectivity index (χ1v) is 12.1. The second-order valence-electron chi connectivity index (χ2n) is 9.32. The molecule has 0 aliphatic carbocycles. The molecule has 3 aromatic heterocycles. The summed E-state index contributed by atoms with van der Waals surface area (Å²) in [6, 6.07) is 2.78. The van der Waals surface area contributed by atoms with Crippen molar-refractivity contribution in [2.24, 2.45) is 0 Å². The quantitative estimate of drug-likeness (QED) is 0.454. The Kier molecular flexibility index (Phi) is 4.34. The molecule has 11 heteroatoms. The van der Waals surface area contributed by atoms with Crippen molar-refractivity contribution >= 4 is 43.3 Å². The third-order valence-corrected chi connectivity index (χ3v) is 8.53. The normalized spacial score (nSPS) is 21.4. The van der Waals surface area contributed by atoms with Crippen LogP contribution in [0.2, 0.25) is 0 Å². The van der Waals surface area contributed by atoms with Crippen molar-refractivity contribution < 1.29 is 13.5 Å². The monoisotopic (exact) mass is 491 g/mol. The molecule has 0 spiro atoms. The van der Waals surface area contributed by atoms with E-state index in [0.717, 1.165) is 42.6 Å². The van der Waals surface area contributed by atoms with Gasteiger partial charge in [-0.15, -0.1) is 11.3 Å². The van der Waals surface area contributed by atoms with E-state index in [1.807, 2.05) is 6.07 Å². The zero-order valence-electron chi connectivity index (χ0n) is 18.7. The lowest BCUT2D eigenvalue weighted by Crippen LogP contribution is -2.45. The van der Waals surface area contributed by atoms with Gasteiger partial charge in [-0.25, -0.2) is 18.7 Å². The molecule has 6 heterocycles. The summed E-state index contributed by atoms with van der Waals surface area (Å²) in [5.41, 5.74) is 8.02.